The number of fused-ring (bicyclic) bond motifs is 2. The number of likely N-dealkylation sites (tertiary alicyclic amines) is 2. The topological polar surface area (TPSA) is 43.9 Å². The molecule has 2 saturated heterocycles. The summed E-state index contributed by atoms with van der Waals surface area (Å²) in [6.07, 6.45) is 10.1. The smallest absolute Gasteiger partial charge is 0.225 e. The molecule has 2 atom stereocenters. The van der Waals surface area contributed by atoms with E-state index in [2.05, 4.69) is 62.9 Å². The fraction of sp³-hybridized carbons (Fsp3) is 0.677. The van der Waals surface area contributed by atoms with Crippen molar-refractivity contribution in [2.24, 2.45) is 16.7 Å². The van der Waals surface area contributed by atoms with Crippen LogP contribution in [0.4, 0.5) is 0 Å². The Morgan fingerprint density at radius 2 is 1.75 bits per heavy atom. The van der Waals surface area contributed by atoms with Gasteiger partial charge in [0.15, 0.2) is 0 Å². The van der Waals surface area contributed by atoms with E-state index in [4.69, 9.17) is 0 Å². The van der Waals surface area contributed by atoms with Crippen molar-refractivity contribution in [1.82, 2.24) is 14.7 Å². The highest BCUT2D eigenvalue weighted by molar-refractivity contribution is 5.79. The van der Waals surface area contributed by atoms with Crippen LogP contribution in [0, 0.1) is 16.7 Å². The van der Waals surface area contributed by atoms with Crippen LogP contribution in [-0.4, -0.2) is 59.2 Å². The molecule has 2 bridgehead atoms. The molecule has 2 heterocycles. The first-order chi connectivity index (χ1) is 17.0. The molecule has 0 aromatic heterocycles. The van der Waals surface area contributed by atoms with Gasteiger partial charge in [-0.3, -0.25) is 9.59 Å². The molecule has 198 valence electrons. The third-order valence-electron chi connectivity index (χ3n) is 8.69. The Labute approximate surface area is 218 Å². The minimum Gasteiger partial charge on any atom is -0.368 e. The molecule has 3 aliphatic rings. The largest absolute Gasteiger partial charge is 0.368 e. The lowest BCUT2D eigenvalue weighted by Crippen LogP contribution is -2.42. The second-order valence-electron chi connectivity index (χ2n) is 12.9. The quantitative estimate of drug-likeness (QED) is 0.472. The number of hydrogen-bond acceptors (Lipinski definition) is 3. The summed E-state index contributed by atoms with van der Waals surface area (Å²) in [4.78, 5) is 31.1. The first kappa shape index (κ1) is 26.8. The normalized spacial score (nSPS) is 26.3. The van der Waals surface area contributed by atoms with Crippen LogP contribution in [-0.2, 0) is 16.1 Å². The monoisotopic (exact) mass is 493 g/mol. The van der Waals surface area contributed by atoms with Crippen molar-refractivity contribution in [1.29, 1.82) is 0 Å². The second kappa shape index (κ2) is 10.6. The molecule has 2 aliphatic heterocycles. The van der Waals surface area contributed by atoms with Crippen LogP contribution in [0.5, 0.6) is 0 Å². The van der Waals surface area contributed by atoms with Crippen LogP contribution in [0.1, 0.15) is 90.7 Å². The highest BCUT2D eigenvalue weighted by Crippen LogP contribution is 2.54. The van der Waals surface area contributed by atoms with Crippen LogP contribution < -0.4 is 0 Å². The Hall–Kier alpha value is -2.30. The first-order valence-corrected chi connectivity index (χ1v) is 14.1. The Morgan fingerprint density at radius 3 is 2.36 bits per heavy atom. The molecule has 36 heavy (non-hydrogen) atoms. The van der Waals surface area contributed by atoms with Gasteiger partial charge < -0.3 is 14.7 Å². The lowest BCUT2D eigenvalue weighted by atomic mass is 9.65. The number of nitrogens with zero attached hydrogens (tertiary/aromatic N) is 3. The van der Waals surface area contributed by atoms with Crippen LogP contribution in [0.2, 0.25) is 0 Å². The summed E-state index contributed by atoms with van der Waals surface area (Å²) in [5, 5.41) is 0. The number of carbonyl (C=O) groups excluding carboxylic acids is 2. The predicted molar refractivity (Wildman–Crippen MR) is 147 cm³/mol. The van der Waals surface area contributed by atoms with Crippen LogP contribution in [0.15, 0.2) is 30.3 Å². The van der Waals surface area contributed by atoms with Crippen LogP contribution in [0.3, 0.4) is 0 Å². The highest BCUT2D eigenvalue weighted by atomic mass is 16.2. The van der Waals surface area contributed by atoms with Crippen molar-refractivity contribution in [2.45, 2.75) is 92.2 Å². The Bertz CT molecular complexity index is 974. The molecule has 1 aromatic carbocycles. The fourth-order valence-corrected chi connectivity index (χ4v) is 7.31. The molecule has 3 fully saturated rings. The van der Waals surface area contributed by atoms with Crippen molar-refractivity contribution >= 4 is 17.5 Å². The van der Waals surface area contributed by atoms with E-state index in [0.29, 0.717) is 36.5 Å². The van der Waals surface area contributed by atoms with Gasteiger partial charge in [0, 0.05) is 57.8 Å². The van der Waals surface area contributed by atoms with Crippen molar-refractivity contribution in [2.75, 3.05) is 26.7 Å². The molecular weight excluding hydrogens is 446 g/mol. The molecule has 5 heteroatoms. The van der Waals surface area contributed by atoms with Crippen molar-refractivity contribution in [3.63, 3.8) is 0 Å². The fourth-order valence-electron chi connectivity index (χ4n) is 7.31. The van der Waals surface area contributed by atoms with Gasteiger partial charge in [-0.05, 0) is 60.5 Å². The maximum Gasteiger partial charge on any atom is 0.225 e. The van der Waals surface area contributed by atoms with Gasteiger partial charge in [0.1, 0.15) is 0 Å². The average molecular weight is 494 g/mol. The Morgan fingerprint density at radius 1 is 1.08 bits per heavy atom. The number of carbonyl (C=O) groups is 2. The zero-order valence-electron chi connectivity index (χ0n) is 23.5. The standard InChI is InChI=1S/C31H47N3O2/c1-7-8-9-28(34-22-31(5)19-27(34)18-30(3,4)21-31)25-12-10-24(11-13-25)20-32(6)29(36)26-14-16-33(17-15-26)23(2)35/h9-13,26-27H,7-8,14-22H2,1-6H3/b28-9+. The van der Waals surface area contributed by atoms with Crippen LogP contribution >= 0.6 is 0 Å². The van der Waals surface area contributed by atoms with E-state index >= 15 is 0 Å². The van der Waals surface area contributed by atoms with E-state index in [-0.39, 0.29) is 17.7 Å². The first-order valence-electron chi connectivity index (χ1n) is 14.1. The minimum absolute atomic E-state index is 0.0218. The SMILES string of the molecule is CCC/C=C(\c1ccc(CN(C)C(=O)C2CCN(C(C)=O)CC2)cc1)N1CC2(C)CC1CC(C)(C)C2. The predicted octanol–water partition coefficient (Wildman–Crippen LogP) is 5.95. The molecule has 1 saturated carbocycles. The third-order valence-corrected chi connectivity index (χ3v) is 8.69. The van der Waals surface area contributed by atoms with Gasteiger partial charge in [0.05, 0.1) is 0 Å². The number of unbranched alkanes of at least 4 members (excludes halogenated alkanes) is 1. The van der Waals surface area contributed by atoms with Crippen molar-refractivity contribution in [3.05, 3.63) is 41.5 Å². The van der Waals surface area contributed by atoms with E-state index in [1.807, 2.05) is 16.8 Å². The number of piperidine rings is 1. The molecule has 2 unspecified atom stereocenters. The summed E-state index contributed by atoms with van der Waals surface area (Å²) in [5.74, 6) is 0.330. The maximum absolute atomic E-state index is 13.0. The molecule has 0 radical (unpaired) electrons. The second-order valence-corrected chi connectivity index (χ2v) is 12.9. The zero-order valence-corrected chi connectivity index (χ0v) is 23.5. The summed E-state index contributed by atoms with van der Waals surface area (Å²) in [6, 6.07) is 9.54. The molecule has 0 N–H and O–H groups in total. The number of allylic oxidation sites excluding steroid dienone is 1. The molecular formula is C31H47N3O2. The lowest BCUT2D eigenvalue weighted by Gasteiger charge is -2.40. The summed E-state index contributed by atoms with van der Waals surface area (Å²) in [7, 11) is 1.91. The highest BCUT2D eigenvalue weighted by Gasteiger charge is 2.50. The van der Waals surface area contributed by atoms with Gasteiger partial charge in [-0.15, -0.1) is 0 Å². The van der Waals surface area contributed by atoms with E-state index in [0.717, 1.165) is 32.2 Å². The molecule has 1 aromatic rings. The molecule has 5 nitrogen and oxygen atoms in total. The number of hydrogen-bond donors (Lipinski definition) is 0. The van der Waals surface area contributed by atoms with Gasteiger partial charge in [0.2, 0.25) is 11.8 Å². The molecule has 4 rings (SSSR count). The molecule has 0 spiro atoms. The number of rotatable bonds is 7. The van der Waals surface area contributed by atoms with E-state index in [1.54, 1.807) is 6.92 Å². The van der Waals surface area contributed by atoms with Gasteiger partial charge in [-0.25, -0.2) is 0 Å². The van der Waals surface area contributed by atoms with E-state index in [9.17, 15) is 9.59 Å². The Balaban J connectivity index is 1.43. The van der Waals surface area contributed by atoms with Gasteiger partial charge in [0.25, 0.3) is 0 Å². The van der Waals surface area contributed by atoms with Gasteiger partial charge >= 0.3 is 0 Å². The minimum atomic E-state index is 0.0218. The molecule has 1 aliphatic carbocycles. The summed E-state index contributed by atoms with van der Waals surface area (Å²) >= 11 is 0. The summed E-state index contributed by atoms with van der Waals surface area (Å²) in [6.45, 7) is 14.4. The van der Waals surface area contributed by atoms with Gasteiger partial charge in [-0.1, -0.05) is 64.5 Å². The van der Waals surface area contributed by atoms with Crippen LogP contribution in [0.25, 0.3) is 5.70 Å². The maximum atomic E-state index is 13.0. The van der Waals surface area contributed by atoms with Crippen molar-refractivity contribution < 1.29 is 9.59 Å². The number of amides is 2. The van der Waals surface area contributed by atoms with E-state index in [1.165, 1.54) is 36.1 Å². The summed E-state index contributed by atoms with van der Waals surface area (Å²) in [5.41, 5.74) is 4.68. The van der Waals surface area contributed by atoms with E-state index < -0.39 is 0 Å². The third kappa shape index (κ3) is 5.98. The molecule has 2 amide bonds. The van der Waals surface area contributed by atoms with Gasteiger partial charge in [-0.2, -0.15) is 0 Å². The van der Waals surface area contributed by atoms with Crippen molar-refractivity contribution in [3.8, 4) is 0 Å². The summed E-state index contributed by atoms with van der Waals surface area (Å²) < 4.78 is 0. The Kier molecular flexibility index (Phi) is 7.87. The average Bonchev–Trinajstić information content (AvgIpc) is 3.08. The zero-order chi connectivity index (χ0) is 26.1. The number of benzene rings is 1. The lowest BCUT2D eigenvalue weighted by molar-refractivity contribution is -0.139.